The molecule has 0 aromatic carbocycles. The van der Waals surface area contributed by atoms with Gasteiger partial charge < -0.3 is 0 Å². The summed E-state index contributed by atoms with van der Waals surface area (Å²) < 4.78 is 0. The van der Waals surface area contributed by atoms with E-state index in [9.17, 15) is 4.79 Å². The summed E-state index contributed by atoms with van der Waals surface area (Å²) in [7, 11) is 0. The second kappa shape index (κ2) is 4.73. The number of hydrogen-bond donors (Lipinski definition) is 0. The fraction of sp³-hybridized carbons (Fsp3) is 0.800. The molecule has 2 atom stereocenters. The number of hydrogen-bond acceptors (Lipinski definition) is 1. The molecule has 1 rings (SSSR count). The molecule has 0 N–H and O–H groups in total. The van der Waals surface area contributed by atoms with Crippen molar-refractivity contribution in [2.45, 2.75) is 54.4 Å². The summed E-state index contributed by atoms with van der Waals surface area (Å²) in [6, 6.07) is 0. The Kier molecular flexibility index (Phi) is 3.98. The molecule has 0 aromatic rings. The molecular weight excluding hydrogens is 196 g/mol. The molecule has 0 fully saturated rings. The molecule has 2 unspecified atom stereocenters. The third kappa shape index (κ3) is 2.56. The first-order valence-corrected chi connectivity index (χ1v) is 6.54. The molecule has 1 aliphatic carbocycles. The summed E-state index contributed by atoms with van der Waals surface area (Å²) in [6.45, 7) is 13.2. The van der Waals surface area contributed by atoms with E-state index in [0.29, 0.717) is 17.6 Å². The van der Waals surface area contributed by atoms with Crippen molar-refractivity contribution >= 4 is 5.78 Å². The van der Waals surface area contributed by atoms with Crippen LogP contribution in [0.3, 0.4) is 0 Å². The van der Waals surface area contributed by atoms with Crippen LogP contribution >= 0.6 is 0 Å². The summed E-state index contributed by atoms with van der Waals surface area (Å²) in [4.78, 5) is 12.3. The van der Waals surface area contributed by atoms with Gasteiger partial charge in [-0.05, 0) is 29.2 Å². The zero-order valence-electron chi connectivity index (χ0n) is 11.6. The van der Waals surface area contributed by atoms with Crippen molar-refractivity contribution in [2.75, 3.05) is 0 Å². The highest BCUT2D eigenvalue weighted by Gasteiger charge is 2.42. The predicted molar refractivity (Wildman–Crippen MR) is 69.3 cm³/mol. The molecule has 1 aliphatic rings. The Bertz CT molecular complexity index is 291. The maximum Gasteiger partial charge on any atom is 0.162 e. The van der Waals surface area contributed by atoms with Gasteiger partial charge in [0.15, 0.2) is 5.78 Å². The highest BCUT2D eigenvalue weighted by Crippen LogP contribution is 2.44. The minimum absolute atomic E-state index is 0.195. The zero-order valence-corrected chi connectivity index (χ0v) is 11.6. The molecule has 1 nitrogen and oxygen atoms in total. The molecule has 0 aromatic heterocycles. The fourth-order valence-electron chi connectivity index (χ4n) is 2.76. The topological polar surface area (TPSA) is 17.1 Å². The van der Waals surface area contributed by atoms with Gasteiger partial charge in [-0.3, -0.25) is 4.79 Å². The maximum absolute atomic E-state index is 12.3. The monoisotopic (exact) mass is 222 g/mol. The Labute approximate surface area is 100 Å². The Morgan fingerprint density at radius 1 is 1.31 bits per heavy atom. The van der Waals surface area contributed by atoms with Crippen molar-refractivity contribution in [1.29, 1.82) is 0 Å². The van der Waals surface area contributed by atoms with E-state index in [1.54, 1.807) is 0 Å². The van der Waals surface area contributed by atoms with E-state index in [2.05, 4.69) is 47.6 Å². The van der Waals surface area contributed by atoms with Crippen LogP contribution in [0.15, 0.2) is 11.6 Å². The van der Waals surface area contributed by atoms with E-state index < -0.39 is 0 Å². The number of carbonyl (C=O) groups excluding carboxylic acids is 1. The van der Waals surface area contributed by atoms with Gasteiger partial charge in [-0.2, -0.15) is 0 Å². The molecule has 0 radical (unpaired) electrons. The van der Waals surface area contributed by atoms with Gasteiger partial charge in [-0.25, -0.2) is 0 Å². The molecule has 1 heteroatoms. The van der Waals surface area contributed by atoms with Crippen LogP contribution in [-0.2, 0) is 4.79 Å². The van der Waals surface area contributed by atoms with Crippen LogP contribution in [0.1, 0.15) is 54.4 Å². The van der Waals surface area contributed by atoms with Crippen LogP contribution in [0, 0.1) is 23.2 Å². The van der Waals surface area contributed by atoms with E-state index in [1.165, 1.54) is 0 Å². The van der Waals surface area contributed by atoms with Crippen LogP contribution in [-0.4, -0.2) is 5.78 Å². The molecule has 0 amide bonds. The summed E-state index contributed by atoms with van der Waals surface area (Å²) in [5.41, 5.74) is 1.28. The Hall–Kier alpha value is -0.590. The normalized spacial score (nSPS) is 26.4. The van der Waals surface area contributed by atoms with Gasteiger partial charge in [0.25, 0.3) is 0 Å². The van der Waals surface area contributed by atoms with Crippen LogP contribution < -0.4 is 0 Å². The van der Waals surface area contributed by atoms with Gasteiger partial charge in [0.1, 0.15) is 0 Å². The van der Waals surface area contributed by atoms with Gasteiger partial charge in [0, 0.05) is 5.92 Å². The molecular formula is C15H26O. The van der Waals surface area contributed by atoms with Gasteiger partial charge >= 0.3 is 0 Å². The summed E-state index contributed by atoms with van der Waals surface area (Å²) in [5, 5.41) is 0. The summed E-state index contributed by atoms with van der Waals surface area (Å²) >= 11 is 0. The lowest BCUT2D eigenvalue weighted by Gasteiger charge is -2.32. The lowest BCUT2D eigenvalue weighted by atomic mass is 9.71. The van der Waals surface area contributed by atoms with Crippen molar-refractivity contribution in [2.24, 2.45) is 23.2 Å². The quantitative estimate of drug-likeness (QED) is 0.698. The zero-order chi connectivity index (χ0) is 12.5. The van der Waals surface area contributed by atoms with Crippen molar-refractivity contribution in [1.82, 2.24) is 0 Å². The molecule has 0 bridgehead atoms. The molecule has 0 aliphatic heterocycles. The van der Waals surface area contributed by atoms with Crippen molar-refractivity contribution in [3.05, 3.63) is 11.6 Å². The smallest absolute Gasteiger partial charge is 0.162 e. The average molecular weight is 222 g/mol. The second-order valence-corrected chi connectivity index (χ2v) is 6.47. The Morgan fingerprint density at radius 3 is 2.19 bits per heavy atom. The summed E-state index contributed by atoms with van der Waals surface area (Å²) in [5.74, 6) is 1.49. The number of ketones is 1. The Morgan fingerprint density at radius 2 is 1.88 bits per heavy atom. The SMILES string of the molecule is CCCC1=CC(C(C)(C)C)C(C(C)C)C1=O. The molecule has 0 heterocycles. The van der Waals surface area contributed by atoms with E-state index in [0.717, 1.165) is 18.4 Å². The Balaban J connectivity index is 3.00. The number of rotatable bonds is 3. The second-order valence-electron chi connectivity index (χ2n) is 6.47. The van der Waals surface area contributed by atoms with Gasteiger partial charge in [-0.15, -0.1) is 0 Å². The lowest BCUT2D eigenvalue weighted by Crippen LogP contribution is -2.31. The highest BCUT2D eigenvalue weighted by molar-refractivity contribution is 6.00. The third-order valence-corrected chi connectivity index (χ3v) is 3.62. The van der Waals surface area contributed by atoms with E-state index in [1.807, 2.05) is 0 Å². The van der Waals surface area contributed by atoms with Crippen molar-refractivity contribution in [3.63, 3.8) is 0 Å². The van der Waals surface area contributed by atoms with E-state index in [-0.39, 0.29) is 11.3 Å². The van der Waals surface area contributed by atoms with Gasteiger partial charge in [0.2, 0.25) is 0 Å². The molecule has 92 valence electrons. The lowest BCUT2D eigenvalue weighted by molar-refractivity contribution is -0.121. The van der Waals surface area contributed by atoms with Crippen molar-refractivity contribution in [3.8, 4) is 0 Å². The highest BCUT2D eigenvalue weighted by atomic mass is 16.1. The average Bonchev–Trinajstić information content (AvgIpc) is 2.44. The standard InChI is InChI=1S/C15H26O/c1-7-8-11-9-12(15(4,5)6)13(10(2)3)14(11)16/h9-10,12-13H,7-8H2,1-6H3. The molecule has 0 saturated heterocycles. The largest absolute Gasteiger partial charge is 0.294 e. The van der Waals surface area contributed by atoms with Gasteiger partial charge in [-0.1, -0.05) is 54.0 Å². The minimum atomic E-state index is 0.195. The number of carbonyl (C=O) groups is 1. The first-order valence-electron chi connectivity index (χ1n) is 6.54. The molecule has 0 saturated carbocycles. The first-order chi connectivity index (χ1) is 7.29. The van der Waals surface area contributed by atoms with Crippen LogP contribution in [0.25, 0.3) is 0 Å². The maximum atomic E-state index is 12.3. The van der Waals surface area contributed by atoms with Crippen molar-refractivity contribution < 1.29 is 4.79 Å². The molecule has 0 spiro atoms. The number of Topliss-reactive ketones (excluding diaryl/α,β-unsaturated/α-hetero) is 1. The number of allylic oxidation sites excluding steroid dienone is 2. The minimum Gasteiger partial charge on any atom is -0.294 e. The van der Waals surface area contributed by atoms with Gasteiger partial charge in [0.05, 0.1) is 0 Å². The third-order valence-electron chi connectivity index (χ3n) is 3.62. The van der Waals surface area contributed by atoms with E-state index in [4.69, 9.17) is 0 Å². The fourth-order valence-corrected chi connectivity index (χ4v) is 2.76. The van der Waals surface area contributed by atoms with Crippen LogP contribution in [0.4, 0.5) is 0 Å². The molecule has 16 heavy (non-hydrogen) atoms. The summed E-state index contributed by atoms with van der Waals surface area (Å²) in [6.07, 6.45) is 4.28. The first kappa shape index (κ1) is 13.5. The van der Waals surface area contributed by atoms with Crippen LogP contribution in [0.2, 0.25) is 0 Å². The predicted octanol–water partition coefficient (Wildman–Crippen LogP) is 4.23. The van der Waals surface area contributed by atoms with E-state index >= 15 is 0 Å². The van der Waals surface area contributed by atoms with Crippen LogP contribution in [0.5, 0.6) is 0 Å².